The first-order valence-corrected chi connectivity index (χ1v) is 4.67. The minimum Gasteiger partial charge on any atom is -0.383 e. The van der Waals surface area contributed by atoms with E-state index in [0.29, 0.717) is 5.56 Å². The van der Waals surface area contributed by atoms with Gasteiger partial charge in [-0.2, -0.15) is 0 Å². The number of rotatable bonds is 2. The first-order chi connectivity index (χ1) is 8.09. The van der Waals surface area contributed by atoms with Crippen molar-refractivity contribution in [3.8, 4) is 0 Å². The quantitative estimate of drug-likeness (QED) is 0.655. The Morgan fingerprint density at radius 3 is 2.65 bits per heavy atom. The monoisotopic (exact) mass is 232 g/mol. The largest absolute Gasteiger partial charge is 0.383 e. The summed E-state index contributed by atoms with van der Waals surface area (Å²) >= 11 is 0. The van der Waals surface area contributed by atoms with Gasteiger partial charge in [-0.3, -0.25) is 5.41 Å². The highest BCUT2D eigenvalue weighted by Gasteiger charge is 2.13. The van der Waals surface area contributed by atoms with E-state index < -0.39 is 5.82 Å². The van der Waals surface area contributed by atoms with Gasteiger partial charge in [0.2, 0.25) is 0 Å². The Balaban J connectivity index is 2.44. The molecule has 0 fully saturated rings. The average molecular weight is 232 g/mol. The number of nitrogen functional groups attached to an aromatic ring is 2. The molecule has 2 aromatic rings. The molecule has 0 aliphatic heterocycles. The summed E-state index contributed by atoms with van der Waals surface area (Å²) in [5.41, 5.74) is 11.2. The second-order valence-corrected chi connectivity index (χ2v) is 3.24. The Kier molecular flexibility index (Phi) is 2.65. The van der Waals surface area contributed by atoms with Gasteiger partial charge in [-0.05, 0) is 12.1 Å². The number of halogens is 1. The zero-order valence-corrected chi connectivity index (χ0v) is 8.68. The van der Waals surface area contributed by atoms with Crippen LogP contribution in [0.15, 0.2) is 24.5 Å². The molecule has 0 spiro atoms. The van der Waals surface area contributed by atoms with Crippen LogP contribution in [0.5, 0.6) is 0 Å². The Hall–Kier alpha value is -2.57. The van der Waals surface area contributed by atoms with E-state index in [0.717, 1.165) is 6.20 Å². The summed E-state index contributed by atoms with van der Waals surface area (Å²) in [4.78, 5) is 11.2. The molecule has 0 amide bonds. The van der Waals surface area contributed by atoms with Crippen molar-refractivity contribution < 1.29 is 4.39 Å². The van der Waals surface area contributed by atoms with E-state index in [4.69, 9.17) is 16.9 Å². The molecule has 0 bridgehead atoms. The number of nitrogens with two attached hydrogens (primary N) is 2. The van der Waals surface area contributed by atoms with Crippen molar-refractivity contribution in [3.05, 3.63) is 41.7 Å². The second-order valence-electron chi connectivity index (χ2n) is 3.24. The minimum atomic E-state index is -0.722. The molecule has 0 radical (unpaired) electrons. The zero-order chi connectivity index (χ0) is 12.4. The minimum absolute atomic E-state index is 0.00333. The molecule has 86 valence electrons. The standard InChI is InChI=1S/C10H9FN6/c11-6-4-16-10(17-9(6)14)7(12)5-2-1-3-15-8(5)13/h1-4,12H,(H2,13,15)(H2,14,16,17). The topological polar surface area (TPSA) is 115 Å². The third-order valence-electron chi connectivity index (χ3n) is 2.10. The predicted octanol–water partition coefficient (Wildman–Crippen LogP) is 0.591. The Labute approximate surface area is 96.0 Å². The van der Waals surface area contributed by atoms with Gasteiger partial charge < -0.3 is 11.5 Å². The summed E-state index contributed by atoms with van der Waals surface area (Å²) in [5, 5.41) is 7.86. The molecule has 0 saturated carbocycles. The summed E-state index contributed by atoms with van der Waals surface area (Å²) in [6.07, 6.45) is 2.42. The van der Waals surface area contributed by atoms with Crippen LogP contribution in [-0.4, -0.2) is 20.7 Å². The number of hydrogen-bond acceptors (Lipinski definition) is 6. The number of aromatic nitrogens is 3. The van der Waals surface area contributed by atoms with Crippen LogP contribution >= 0.6 is 0 Å². The van der Waals surface area contributed by atoms with Crippen LogP contribution in [-0.2, 0) is 0 Å². The fourth-order valence-corrected chi connectivity index (χ4v) is 1.25. The fourth-order valence-electron chi connectivity index (χ4n) is 1.25. The van der Waals surface area contributed by atoms with Crippen LogP contribution < -0.4 is 11.5 Å². The summed E-state index contributed by atoms with van der Waals surface area (Å²) in [6.45, 7) is 0. The fraction of sp³-hybridized carbons (Fsp3) is 0. The van der Waals surface area contributed by atoms with E-state index in [2.05, 4.69) is 15.0 Å². The molecule has 2 rings (SSSR count). The van der Waals surface area contributed by atoms with Crippen LogP contribution in [0.25, 0.3) is 0 Å². The van der Waals surface area contributed by atoms with Crippen LogP contribution in [0.1, 0.15) is 11.4 Å². The number of anilines is 2. The summed E-state index contributed by atoms with van der Waals surface area (Å²) < 4.78 is 12.9. The molecule has 7 heteroatoms. The van der Waals surface area contributed by atoms with Crippen LogP contribution in [0, 0.1) is 11.2 Å². The van der Waals surface area contributed by atoms with Gasteiger partial charge in [0.25, 0.3) is 0 Å². The van der Waals surface area contributed by atoms with Gasteiger partial charge in [-0.15, -0.1) is 0 Å². The highest BCUT2D eigenvalue weighted by molar-refractivity contribution is 6.11. The Bertz CT molecular complexity index is 583. The number of nitrogens with one attached hydrogen (secondary N) is 1. The van der Waals surface area contributed by atoms with Gasteiger partial charge in [0.1, 0.15) is 11.5 Å². The third-order valence-corrected chi connectivity index (χ3v) is 2.10. The molecule has 0 saturated heterocycles. The summed E-state index contributed by atoms with van der Waals surface area (Å²) in [6, 6.07) is 3.24. The van der Waals surface area contributed by atoms with Crippen molar-refractivity contribution in [2.45, 2.75) is 0 Å². The molecule has 17 heavy (non-hydrogen) atoms. The number of pyridine rings is 1. The van der Waals surface area contributed by atoms with Crippen molar-refractivity contribution in [1.82, 2.24) is 15.0 Å². The van der Waals surface area contributed by atoms with E-state index >= 15 is 0 Å². The normalized spacial score (nSPS) is 10.2. The highest BCUT2D eigenvalue weighted by Crippen LogP contribution is 2.13. The third kappa shape index (κ3) is 2.03. The maximum atomic E-state index is 12.9. The van der Waals surface area contributed by atoms with Gasteiger partial charge in [0.15, 0.2) is 17.5 Å². The lowest BCUT2D eigenvalue weighted by Gasteiger charge is -2.05. The lowest BCUT2D eigenvalue weighted by molar-refractivity contribution is 0.619. The average Bonchev–Trinajstić information content (AvgIpc) is 2.32. The number of hydrogen-bond donors (Lipinski definition) is 3. The molecule has 0 aromatic carbocycles. The Morgan fingerprint density at radius 1 is 1.24 bits per heavy atom. The molecule has 2 aromatic heterocycles. The van der Waals surface area contributed by atoms with Crippen molar-refractivity contribution in [2.75, 3.05) is 11.5 Å². The number of nitrogens with zero attached hydrogens (tertiary/aromatic N) is 3. The molecule has 2 heterocycles. The van der Waals surface area contributed by atoms with Gasteiger partial charge in [-0.25, -0.2) is 19.3 Å². The van der Waals surface area contributed by atoms with Crippen molar-refractivity contribution in [3.63, 3.8) is 0 Å². The van der Waals surface area contributed by atoms with E-state index in [9.17, 15) is 4.39 Å². The summed E-state index contributed by atoms with van der Waals surface area (Å²) in [7, 11) is 0. The van der Waals surface area contributed by atoms with Crippen molar-refractivity contribution in [1.29, 1.82) is 5.41 Å². The molecule has 0 atom stereocenters. The highest BCUT2D eigenvalue weighted by atomic mass is 19.1. The van der Waals surface area contributed by atoms with Crippen LogP contribution in [0.2, 0.25) is 0 Å². The van der Waals surface area contributed by atoms with Crippen LogP contribution in [0.3, 0.4) is 0 Å². The SMILES string of the molecule is N=C(c1ncc(F)c(N)n1)c1cccnc1N. The first-order valence-electron chi connectivity index (χ1n) is 4.67. The van der Waals surface area contributed by atoms with E-state index in [-0.39, 0.29) is 23.2 Å². The van der Waals surface area contributed by atoms with E-state index in [1.54, 1.807) is 12.1 Å². The lowest BCUT2D eigenvalue weighted by atomic mass is 10.1. The Morgan fingerprint density at radius 2 is 2.00 bits per heavy atom. The molecule has 0 unspecified atom stereocenters. The second kappa shape index (κ2) is 4.12. The van der Waals surface area contributed by atoms with Crippen molar-refractivity contribution >= 4 is 17.3 Å². The zero-order valence-electron chi connectivity index (χ0n) is 8.68. The van der Waals surface area contributed by atoms with E-state index in [1.807, 2.05) is 0 Å². The van der Waals surface area contributed by atoms with Gasteiger partial charge in [0.05, 0.1) is 6.20 Å². The predicted molar refractivity (Wildman–Crippen MR) is 61.0 cm³/mol. The molecule has 0 aliphatic rings. The molecular weight excluding hydrogens is 223 g/mol. The van der Waals surface area contributed by atoms with Crippen LogP contribution in [0.4, 0.5) is 16.0 Å². The van der Waals surface area contributed by atoms with Gasteiger partial charge in [-0.1, -0.05) is 0 Å². The molecule has 6 nitrogen and oxygen atoms in total. The van der Waals surface area contributed by atoms with Gasteiger partial charge in [0, 0.05) is 11.8 Å². The smallest absolute Gasteiger partial charge is 0.183 e. The molecular formula is C10H9FN6. The lowest BCUT2D eigenvalue weighted by Crippen LogP contribution is -2.12. The maximum absolute atomic E-state index is 12.9. The van der Waals surface area contributed by atoms with E-state index in [1.165, 1.54) is 6.20 Å². The summed E-state index contributed by atoms with van der Waals surface area (Å²) in [5.74, 6) is -0.837. The van der Waals surface area contributed by atoms with Gasteiger partial charge >= 0.3 is 0 Å². The molecule has 0 aliphatic carbocycles. The first kappa shape index (κ1) is 10.9. The molecule has 5 N–H and O–H groups in total. The van der Waals surface area contributed by atoms with Crippen molar-refractivity contribution in [2.24, 2.45) is 0 Å². The maximum Gasteiger partial charge on any atom is 0.183 e.